The van der Waals surface area contributed by atoms with Gasteiger partial charge in [-0.3, -0.25) is 14.5 Å². The third kappa shape index (κ3) is 5.15. The molecule has 2 heterocycles. The fourth-order valence-electron chi connectivity index (χ4n) is 3.17. The Bertz CT molecular complexity index is 1280. The van der Waals surface area contributed by atoms with Crippen molar-refractivity contribution in [2.45, 2.75) is 20.8 Å². The van der Waals surface area contributed by atoms with Gasteiger partial charge in [-0.2, -0.15) is 0 Å². The highest BCUT2D eigenvalue weighted by Crippen LogP contribution is 2.33. The van der Waals surface area contributed by atoms with Crippen molar-refractivity contribution in [1.29, 1.82) is 0 Å². The molecule has 1 aliphatic rings. The largest absolute Gasteiger partial charge is 0.497 e. The molecular formula is C24H22N4O3S2. The SMILES string of the molecule is COc1ccc(N(C(C)=O)c2nc(/C=C3/SC(=Nc4cc(C)ccc4C)NC3=O)cs2)cc1. The summed E-state index contributed by atoms with van der Waals surface area (Å²) in [6, 6.07) is 13.2. The average Bonchev–Trinajstić information content (AvgIpc) is 3.37. The number of nitrogens with one attached hydrogen (secondary N) is 1. The molecule has 9 heteroatoms. The van der Waals surface area contributed by atoms with E-state index in [4.69, 9.17) is 4.74 Å². The van der Waals surface area contributed by atoms with Crippen LogP contribution in [0.25, 0.3) is 6.08 Å². The molecule has 4 rings (SSSR count). The van der Waals surface area contributed by atoms with Crippen LogP contribution in [0.5, 0.6) is 5.75 Å². The number of aliphatic imine (C=N–C) groups is 1. The Morgan fingerprint density at radius 2 is 1.94 bits per heavy atom. The Labute approximate surface area is 200 Å². The predicted molar refractivity (Wildman–Crippen MR) is 135 cm³/mol. The zero-order valence-electron chi connectivity index (χ0n) is 18.6. The molecule has 3 aromatic rings. The minimum absolute atomic E-state index is 0.162. The monoisotopic (exact) mass is 478 g/mol. The van der Waals surface area contributed by atoms with E-state index < -0.39 is 0 Å². The second-order valence-electron chi connectivity index (χ2n) is 7.38. The van der Waals surface area contributed by atoms with E-state index >= 15 is 0 Å². The van der Waals surface area contributed by atoms with E-state index in [9.17, 15) is 9.59 Å². The van der Waals surface area contributed by atoms with Crippen molar-refractivity contribution in [3.8, 4) is 5.75 Å². The fraction of sp³-hybridized carbons (Fsp3) is 0.167. The highest BCUT2D eigenvalue weighted by atomic mass is 32.2. The summed E-state index contributed by atoms with van der Waals surface area (Å²) < 4.78 is 5.19. The number of methoxy groups -OCH3 is 1. The molecule has 168 valence electrons. The maximum atomic E-state index is 12.5. The smallest absolute Gasteiger partial charge is 0.264 e. The third-order valence-electron chi connectivity index (χ3n) is 4.86. The number of hydrogen-bond acceptors (Lipinski definition) is 7. The van der Waals surface area contributed by atoms with Gasteiger partial charge in [0, 0.05) is 12.3 Å². The molecule has 1 aliphatic heterocycles. The Kier molecular flexibility index (Phi) is 6.62. The summed E-state index contributed by atoms with van der Waals surface area (Å²) in [4.78, 5) is 36.0. The van der Waals surface area contributed by atoms with Crippen LogP contribution in [0.2, 0.25) is 0 Å². The van der Waals surface area contributed by atoms with Gasteiger partial charge in [-0.05, 0) is 73.1 Å². The summed E-state index contributed by atoms with van der Waals surface area (Å²) in [5.74, 6) is 0.316. The molecule has 1 N–H and O–H groups in total. The van der Waals surface area contributed by atoms with Crippen LogP contribution in [0.1, 0.15) is 23.7 Å². The number of nitrogens with zero attached hydrogens (tertiary/aromatic N) is 3. The Hall–Kier alpha value is -3.43. The Morgan fingerprint density at radius 1 is 1.18 bits per heavy atom. The number of aryl methyl sites for hydroxylation is 2. The molecule has 1 fully saturated rings. The first kappa shape index (κ1) is 22.8. The molecule has 0 aliphatic carbocycles. The van der Waals surface area contributed by atoms with Crippen LogP contribution in [0.4, 0.5) is 16.5 Å². The van der Waals surface area contributed by atoms with Crippen LogP contribution in [0.15, 0.2) is 57.7 Å². The van der Waals surface area contributed by atoms with Crippen molar-refractivity contribution in [1.82, 2.24) is 10.3 Å². The quantitative estimate of drug-likeness (QED) is 0.500. The molecule has 0 saturated carbocycles. The average molecular weight is 479 g/mol. The normalized spacial score (nSPS) is 15.7. The zero-order chi connectivity index (χ0) is 23.5. The molecular weight excluding hydrogens is 456 g/mol. The number of hydrogen-bond donors (Lipinski definition) is 1. The number of rotatable bonds is 5. The van der Waals surface area contributed by atoms with Crippen molar-refractivity contribution >= 4 is 62.7 Å². The van der Waals surface area contributed by atoms with Gasteiger partial charge >= 0.3 is 0 Å². The fourth-order valence-corrected chi connectivity index (χ4v) is 4.83. The van der Waals surface area contributed by atoms with Gasteiger partial charge in [0.05, 0.1) is 29.1 Å². The molecule has 0 radical (unpaired) electrons. The maximum absolute atomic E-state index is 12.5. The lowest BCUT2D eigenvalue weighted by Crippen LogP contribution is -2.22. The number of ether oxygens (including phenoxy) is 1. The van der Waals surface area contributed by atoms with E-state index in [0.29, 0.717) is 32.3 Å². The Balaban J connectivity index is 1.57. The molecule has 0 bridgehead atoms. The molecule has 33 heavy (non-hydrogen) atoms. The van der Waals surface area contributed by atoms with Gasteiger partial charge in [0.25, 0.3) is 5.91 Å². The first-order valence-electron chi connectivity index (χ1n) is 10.1. The summed E-state index contributed by atoms with van der Waals surface area (Å²) in [5.41, 5.74) is 4.25. The number of amidine groups is 1. The maximum Gasteiger partial charge on any atom is 0.264 e. The second-order valence-corrected chi connectivity index (χ2v) is 9.25. The van der Waals surface area contributed by atoms with Crippen LogP contribution in [0, 0.1) is 13.8 Å². The molecule has 7 nitrogen and oxygen atoms in total. The number of benzene rings is 2. The molecule has 0 spiro atoms. The number of thioether (sulfide) groups is 1. The Morgan fingerprint density at radius 3 is 2.64 bits per heavy atom. The first-order chi connectivity index (χ1) is 15.8. The van der Waals surface area contributed by atoms with Gasteiger partial charge in [-0.1, -0.05) is 12.1 Å². The van der Waals surface area contributed by atoms with E-state index in [1.807, 2.05) is 37.4 Å². The number of anilines is 2. The van der Waals surface area contributed by atoms with E-state index in [1.165, 1.54) is 34.9 Å². The lowest BCUT2D eigenvalue weighted by molar-refractivity contribution is -0.116. The standard InChI is InChI=1S/C24H22N4O3S2/c1-14-5-6-15(2)20(11-14)26-23-27-22(30)21(33-23)12-17-13-32-24(25-17)28(16(3)29)18-7-9-19(31-4)10-8-18/h5-13H,1-4H3,(H,26,27,30)/b21-12+. The van der Waals surface area contributed by atoms with Crippen LogP contribution < -0.4 is 15.0 Å². The van der Waals surface area contributed by atoms with E-state index in [0.717, 1.165) is 16.8 Å². The van der Waals surface area contributed by atoms with Crippen molar-refractivity contribution in [2.75, 3.05) is 12.0 Å². The molecule has 2 aromatic carbocycles. The van der Waals surface area contributed by atoms with E-state index in [2.05, 4.69) is 15.3 Å². The van der Waals surface area contributed by atoms with E-state index in [1.54, 1.807) is 37.5 Å². The van der Waals surface area contributed by atoms with Crippen molar-refractivity contribution in [3.05, 3.63) is 69.6 Å². The highest BCUT2D eigenvalue weighted by Gasteiger charge is 2.25. The molecule has 0 atom stereocenters. The number of amides is 2. The van der Waals surface area contributed by atoms with Gasteiger partial charge in [0.2, 0.25) is 5.91 Å². The lowest BCUT2D eigenvalue weighted by Gasteiger charge is -2.18. The molecule has 2 amide bonds. The summed E-state index contributed by atoms with van der Waals surface area (Å²) in [6.45, 7) is 5.47. The summed E-state index contributed by atoms with van der Waals surface area (Å²) in [5, 5.41) is 5.67. The second kappa shape index (κ2) is 9.60. The van der Waals surface area contributed by atoms with Crippen LogP contribution in [-0.4, -0.2) is 29.1 Å². The highest BCUT2D eigenvalue weighted by molar-refractivity contribution is 8.18. The number of aromatic nitrogens is 1. The molecule has 1 aromatic heterocycles. The molecule has 1 saturated heterocycles. The number of carbonyl (C=O) groups is 2. The minimum atomic E-state index is -0.225. The number of carbonyl (C=O) groups excluding carboxylic acids is 2. The summed E-state index contributed by atoms with van der Waals surface area (Å²) >= 11 is 2.60. The zero-order valence-corrected chi connectivity index (χ0v) is 20.2. The topological polar surface area (TPSA) is 83.9 Å². The first-order valence-corrected chi connectivity index (χ1v) is 11.8. The predicted octanol–water partition coefficient (Wildman–Crippen LogP) is 5.34. The summed E-state index contributed by atoms with van der Waals surface area (Å²) in [6.07, 6.45) is 1.71. The van der Waals surface area contributed by atoms with Gasteiger partial charge in [0.15, 0.2) is 10.3 Å². The van der Waals surface area contributed by atoms with E-state index in [-0.39, 0.29) is 11.8 Å². The third-order valence-corrected chi connectivity index (χ3v) is 6.62. The van der Waals surface area contributed by atoms with Gasteiger partial charge in [0.1, 0.15) is 5.75 Å². The van der Waals surface area contributed by atoms with Crippen molar-refractivity contribution < 1.29 is 14.3 Å². The van der Waals surface area contributed by atoms with Crippen LogP contribution in [-0.2, 0) is 9.59 Å². The van der Waals surface area contributed by atoms with Gasteiger partial charge < -0.3 is 10.1 Å². The van der Waals surface area contributed by atoms with Gasteiger partial charge in [-0.15, -0.1) is 11.3 Å². The van der Waals surface area contributed by atoms with Crippen molar-refractivity contribution in [3.63, 3.8) is 0 Å². The van der Waals surface area contributed by atoms with Gasteiger partial charge in [-0.25, -0.2) is 9.98 Å². The van der Waals surface area contributed by atoms with Crippen LogP contribution in [0.3, 0.4) is 0 Å². The van der Waals surface area contributed by atoms with Crippen LogP contribution >= 0.6 is 23.1 Å². The molecule has 0 unspecified atom stereocenters. The minimum Gasteiger partial charge on any atom is -0.497 e. The lowest BCUT2D eigenvalue weighted by atomic mass is 10.1. The summed E-state index contributed by atoms with van der Waals surface area (Å²) in [7, 11) is 1.59. The number of thiazole rings is 1. The van der Waals surface area contributed by atoms with Crippen molar-refractivity contribution in [2.24, 2.45) is 4.99 Å².